The number of aliphatic imine (C=N–C) groups is 1. The van der Waals surface area contributed by atoms with E-state index in [1.165, 1.54) is 26.4 Å². The summed E-state index contributed by atoms with van der Waals surface area (Å²) in [6, 6.07) is 6.36. The highest BCUT2D eigenvalue weighted by molar-refractivity contribution is 14.0. The molecule has 0 heterocycles. The Morgan fingerprint density at radius 1 is 1.14 bits per heavy atom. The number of guanidine groups is 1. The van der Waals surface area contributed by atoms with E-state index in [1.54, 1.807) is 26.1 Å². The normalized spacial score (nSPS) is 12.0. The summed E-state index contributed by atoms with van der Waals surface area (Å²) in [6.07, 6.45) is 0. The third kappa shape index (κ3) is 5.85. The van der Waals surface area contributed by atoms with Crippen LogP contribution in [0.25, 0.3) is 0 Å². The Bertz CT molecular complexity index is 809. The highest BCUT2D eigenvalue weighted by Crippen LogP contribution is 2.37. The zero-order chi connectivity index (χ0) is 20.0. The average molecular weight is 507 g/mol. The van der Waals surface area contributed by atoms with Crippen LogP contribution in [0.5, 0.6) is 17.2 Å². The average Bonchev–Trinajstić information content (AvgIpc) is 2.65. The summed E-state index contributed by atoms with van der Waals surface area (Å²) < 4.78 is 37.2. The van der Waals surface area contributed by atoms with Crippen LogP contribution in [0.3, 0.4) is 0 Å². The number of ether oxygens (including phenoxy) is 2. The van der Waals surface area contributed by atoms with Crippen LogP contribution in [-0.4, -0.2) is 32.3 Å². The fourth-order valence-electron chi connectivity index (χ4n) is 2.57. The van der Waals surface area contributed by atoms with Gasteiger partial charge in [-0.05, 0) is 30.7 Å². The van der Waals surface area contributed by atoms with Gasteiger partial charge in [-0.25, -0.2) is 8.78 Å². The molecule has 2 aromatic carbocycles. The van der Waals surface area contributed by atoms with E-state index >= 15 is 0 Å². The molecule has 2 aromatic rings. The molecule has 0 bridgehead atoms. The molecule has 0 spiro atoms. The molecule has 1 unspecified atom stereocenters. The SMILES string of the molecule is CN=C(NCc1cc(OC)c(O)c(OC)c1)NC(C)c1ccc(F)cc1F.I. The van der Waals surface area contributed by atoms with Crippen LogP contribution in [0, 0.1) is 11.6 Å². The number of methoxy groups -OCH3 is 2. The van der Waals surface area contributed by atoms with Gasteiger partial charge in [0.1, 0.15) is 11.6 Å². The van der Waals surface area contributed by atoms with Crippen LogP contribution in [-0.2, 0) is 6.54 Å². The predicted octanol–water partition coefficient (Wildman–Crippen LogP) is 3.73. The highest BCUT2D eigenvalue weighted by atomic mass is 127. The molecule has 0 aliphatic heterocycles. The Morgan fingerprint density at radius 2 is 1.75 bits per heavy atom. The highest BCUT2D eigenvalue weighted by Gasteiger charge is 2.14. The number of phenolic OH excluding ortho intramolecular Hbond substituents is 1. The molecule has 0 aliphatic carbocycles. The van der Waals surface area contributed by atoms with Crippen LogP contribution in [0.15, 0.2) is 35.3 Å². The maximum Gasteiger partial charge on any atom is 0.200 e. The predicted molar refractivity (Wildman–Crippen MR) is 115 cm³/mol. The lowest BCUT2D eigenvalue weighted by Crippen LogP contribution is -2.38. The van der Waals surface area contributed by atoms with Gasteiger partial charge in [-0.1, -0.05) is 6.07 Å². The van der Waals surface area contributed by atoms with Gasteiger partial charge in [-0.3, -0.25) is 4.99 Å². The first-order chi connectivity index (χ1) is 12.9. The van der Waals surface area contributed by atoms with E-state index in [0.717, 1.165) is 11.6 Å². The third-order valence-corrected chi connectivity index (χ3v) is 4.01. The van der Waals surface area contributed by atoms with Crippen LogP contribution >= 0.6 is 24.0 Å². The Labute approximate surface area is 180 Å². The summed E-state index contributed by atoms with van der Waals surface area (Å²) in [5, 5.41) is 16.1. The summed E-state index contributed by atoms with van der Waals surface area (Å²) in [4.78, 5) is 4.10. The molecule has 0 fully saturated rings. The van der Waals surface area contributed by atoms with Crippen molar-refractivity contribution in [2.45, 2.75) is 19.5 Å². The minimum absolute atomic E-state index is 0. The first-order valence-corrected chi connectivity index (χ1v) is 8.25. The van der Waals surface area contributed by atoms with Gasteiger partial charge in [-0.15, -0.1) is 24.0 Å². The van der Waals surface area contributed by atoms with E-state index in [1.807, 2.05) is 0 Å². The van der Waals surface area contributed by atoms with Crippen molar-refractivity contribution in [1.82, 2.24) is 10.6 Å². The van der Waals surface area contributed by atoms with E-state index in [2.05, 4.69) is 15.6 Å². The number of phenols is 1. The van der Waals surface area contributed by atoms with E-state index in [0.29, 0.717) is 18.1 Å². The molecule has 0 saturated carbocycles. The van der Waals surface area contributed by atoms with Gasteiger partial charge in [0.2, 0.25) is 5.75 Å². The van der Waals surface area contributed by atoms with Crippen molar-refractivity contribution in [2.24, 2.45) is 4.99 Å². The molecule has 2 rings (SSSR count). The number of nitrogens with one attached hydrogen (secondary N) is 2. The van der Waals surface area contributed by atoms with Gasteiger partial charge < -0.3 is 25.2 Å². The Hall–Kier alpha value is -2.30. The molecule has 0 aliphatic rings. The van der Waals surface area contributed by atoms with E-state index in [-0.39, 0.29) is 41.2 Å². The second kappa shape index (κ2) is 10.9. The number of nitrogens with zero attached hydrogens (tertiary/aromatic N) is 1. The lowest BCUT2D eigenvalue weighted by Gasteiger charge is -2.19. The minimum atomic E-state index is -0.626. The standard InChI is InChI=1S/C19H23F2N3O3.HI/c1-11(14-6-5-13(20)9-15(14)21)24-19(22-2)23-10-12-7-16(26-3)18(25)17(8-12)27-4;/h5-9,11,25H,10H2,1-4H3,(H2,22,23,24);1H. The third-order valence-electron chi connectivity index (χ3n) is 4.01. The fraction of sp³-hybridized carbons (Fsp3) is 0.316. The zero-order valence-electron chi connectivity index (χ0n) is 16.0. The van der Waals surface area contributed by atoms with Gasteiger partial charge >= 0.3 is 0 Å². The van der Waals surface area contributed by atoms with Crippen LogP contribution < -0.4 is 20.1 Å². The topological polar surface area (TPSA) is 75.1 Å². The molecule has 3 N–H and O–H groups in total. The van der Waals surface area contributed by atoms with Crippen molar-refractivity contribution in [3.63, 3.8) is 0 Å². The van der Waals surface area contributed by atoms with Crippen LogP contribution in [0.4, 0.5) is 8.78 Å². The number of halogens is 3. The second-order valence-electron chi connectivity index (χ2n) is 5.81. The lowest BCUT2D eigenvalue weighted by molar-refractivity contribution is 0.339. The maximum absolute atomic E-state index is 13.9. The molecule has 9 heteroatoms. The molecular weight excluding hydrogens is 483 g/mol. The van der Waals surface area contributed by atoms with Gasteiger partial charge in [0.05, 0.1) is 20.3 Å². The zero-order valence-corrected chi connectivity index (χ0v) is 18.4. The summed E-state index contributed by atoms with van der Waals surface area (Å²) in [5.41, 5.74) is 1.11. The minimum Gasteiger partial charge on any atom is -0.502 e. The molecular formula is C19H24F2IN3O3. The quantitative estimate of drug-likeness (QED) is 0.316. The van der Waals surface area contributed by atoms with Gasteiger partial charge in [-0.2, -0.15) is 0 Å². The summed E-state index contributed by atoms with van der Waals surface area (Å²) in [5.74, 6) is -0.324. The van der Waals surface area contributed by atoms with Gasteiger partial charge in [0.25, 0.3) is 0 Å². The Balaban J connectivity index is 0.00000392. The second-order valence-corrected chi connectivity index (χ2v) is 5.81. The molecule has 0 radical (unpaired) electrons. The van der Waals surface area contributed by atoms with E-state index in [4.69, 9.17) is 9.47 Å². The Morgan fingerprint density at radius 3 is 2.25 bits per heavy atom. The van der Waals surface area contributed by atoms with Crippen molar-refractivity contribution in [3.8, 4) is 17.2 Å². The fourth-order valence-corrected chi connectivity index (χ4v) is 2.57. The number of hydrogen-bond donors (Lipinski definition) is 3. The molecule has 0 saturated heterocycles. The first-order valence-electron chi connectivity index (χ1n) is 8.25. The van der Waals surface area contributed by atoms with Crippen molar-refractivity contribution in [3.05, 3.63) is 53.1 Å². The summed E-state index contributed by atoms with van der Waals surface area (Å²) in [7, 11) is 4.48. The summed E-state index contributed by atoms with van der Waals surface area (Å²) >= 11 is 0. The van der Waals surface area contributed by atoms with Crippen molar-refractivity contribution < 1.29 is 23.4 Å². The summed E-state index contributed by atoms with van der Waals surface area (Å²) in [6.45, 7) is 2.10. The van der Waals surface area contributed by atoms with Crippen molar-refractivity contribution >= 4 is 29.9 Å². The Kier molecular flexibility index (Phi) is 9.23. The first kappa shape index (κ1) is 23.7. The van der Waals surface area contributed by atoms with Gasteiger partial charge in [0, 0.05) is 25.2 Å². The molecule has 154 valence electrons. The van der Waals surface area contributed by atoms with Crippen LogP contribution in [0.2, 0.25) is 0 Å². The van der Waals surface area contributed by atoms with Crippen molar-refractivity contribution in [2.75, 3.05) is 21.3 Å². The smallest absolute Gasteiger partial charge is 0.200 e. The molecule has 1 atom stereocenters. The van der Waals surface area contributed by atoms with Crippen LogP contribution in [0.1, 0.15) is 24.1 Å². The van der Waals surface area contributed by atoms with E-state index in [9.17, 15) is 13.9 Å². The lowest BCUT2D eigenvalue weighted by atomic mass is 10.1. The molecule has 6 nitrogen and oxygen atoms in total. The number of aromatic hydroxyl groups is 1. The number of hydrogen-bond acceptors (Lipinski definition) is 4. The molecule has 0 aromatic heterocycles. The molecule has 0 amide bonds. The number of benzene rings is 2. The van der Waals surface area contributed by atoms with Gasteiger partial charge in [0.15, 0.2) is 17.5 Å². The van der Waals surface area contributed by atoms with Crippen molar-refractivity contribution in [1.29, 1.82) is 0 Å². The number of rotatable bonds is 6. The maximum atomic E-state index is 13.9. The van der Waals surface area contributed by atoms with E-state index < -0.39 is 17.7 Å². The monoisotopic (exact) mass is 507 g/mol. The molecule has 28 heavy (non-hydrogen) atoms. The largest absolute Gasteiger partial charge is 0.502 e.